The van der Waals surface area contributed by atoms with Crippen LogP contribution in [0.1, 0.15) is 29.6 Å². The smallest absolute Gasteiger partial charge is 0.253 e. The van der Waals surface area contributed by atoms with Crippen molar-refractivity contribution in [3.63, 3.8) is 0 Å². The van der Waals surface area contributed by atoms with Crippen LogP contribution in [0.4, 0.5) is 0 Å². The van der Waals surface area contributed by atoms with Gasteiger partial charge in [-0.05, 0) is 43.0 Å². The van der Waals surface area contributed by atoms with Crippen LogP contribution in [0.2, 0.25) is 0 Å². The average Bonchev–Trinajstić information content (AvgIpc) is 2.55. The molecule has 1 aromatic carbocycles. The van der Waals surface area contributed by atoms with Crippen LogP contribution in [-0.4, -0.2) is 34.0 Å². The third-order valence-electron chi connectivity index (χ3n) is 3.83. The van der Waals surface area contributed by atoms with Gasteiger partial charge in [-0.15, -0.1) is 0 Å². The first-order valence-electron chi connectivity index (χ1n) is 7.28. The van der Waals surface area contributed by atoms with E-state index in [1.807, 2.05) is 29.2 Å². The molecule has 0 unspecified atom stereocenters. The van der Waals surface area contributed by atoms with Gasteiger partial charge in [0.25, 0.3) is 5.91 Å². The summed E-state index contributed by atoms with van der Waals surface area (Å²) in [5, 5.41) is 9.46. The molecule has 2 aromatic rings. The Bertz CT molecular complexity index is 631. The number of hydrogen-bond acceptors (Lipinski definition) is 3. The highest BCUT2D eigenvalue weighted by molar-refractivity contribution is 5.94. The second-order valence-corrected chi connectivity index (χ2v) is 5.36. The molecule has 0 spiro atoms. The first kappa shape index (κ1) is 13.6. The SMILES string of the molecule is O=C(c1ccc(-c2cncc(O)c2)cc1)N1CCCCC1. The van der Waals surface area contributed by atoms with Crippen LogP contribution < -0.4 is 0 Å². The molecule has 1 fully saturated rings. The highest BCUT2D eigenvalue weighted by Gasteiger charge is 2.17. The lowest BCUT2D eigenvalue weighted by atomic mass is 10.0. The van der Waals surface area contributed by atoms with Crippen molar-refractivity contribution in [1.29, 1.82) is 0 Å². The Morgan fingerprint density at radius 1 is 1.00 bits per heavy atom. The Kier molecular flexibility index (Phi) is 3.86. The van der Waals surface area contributed by atoms with Crippen molar-refractivity contribution in [1.82, 2.24) is 9.88 Å². The maximum absolute atomic E-state index is 12.4. The summed E-state index contributed by atoms with van der Waals surface area (Å²) < 4.78 is 0. The number of pyridine rings is 1. The van der Waals surface area contributed by atoms with E-state index in [1.54, 1.807) is 12.3 Å². The lowest BCUT2D eigenvalue weighted by Crippen LogP contribution is -2.35. The Morgan fingerprint density at radius 3 is 2.38 bits per heavy atom. The predicted molar refractivity (Wildman–Crippen MR) is 81.1 cm³/mol. The second-order valence-electron chi connectivity index (χ2n) is 5.36. The molecule has 0 atom stereocenters. The minimum atomic E-state index is 0.107. The van der Waals surface area contributed by atoms with Gasteiger partial charge in [0.15, 0.2) is 0 Å². The topological polar surface area (TPSA) is 53.4 Å². The molecule has 2 heterocycles. The van der Waals surface area contributed by atoms with E-state index in [4.69, 9.17) is 0 Å². The van der Waals surface area contributed by atoms with Crippen LogP contribution in [0.3, 0.4) is 0 Å². The summed E-state index contributed by atoms with van der Waals surface area (Å²) in [7, 11) is 0. The zero-order valence-corrected chi connectivity index (χ0v) is 11.8. The fraction of sp³-hybridized carbons (Fsp3) is 0.294. The summed E-state index contributed by atoms with van der Waals surface area (Å²) in [4.78, 5) is 18.3. The molecule has 0 aliphatic carbocycles. The molecule has 4 heteroatoms. The minimum absolute atomic E-state index is 0.107. The van der Waals surface area contributed by atoms with Gasteiger partial charge in [-0.3, -0.25) is 9.78 Å². The Hall–Kier alpha value is -2.36. The van der Waals surface area contributed by atoms with E-state index in [-0.39, 0.29) is 11.7 Å². The van der Waals surface area contributed by atoms with Gasteiger partial charge in [-0.25, -0.2) is 0 Å². The minimum Gasteiger partial charge on any atom is -0.506 e. The van der Waals surface area contributed by atoms with Crippen molar-refractivity contribution in [3.8, 4) is 16.9 Å². The third-order valence-corrected chi connectivity index (χ3v) is 3.83. The van der Waals surface area contributed by atoms with E-state index in [9.17, 15) is 9.90 Å². The number of hydrogen-bond donors (Lipinski definition) is 1. The lowest BCUT2D eigenvalue weighted by Gasteiger charge is -2.26. The summed E-state index contributed by atoms with van der Waals surface area (Å²) in [6.07, 6.45) is 6.50. The molecule has 4 nitrogen and oxygen atoms in total. The first-order chi connectivity index (χ1) is 10.2. The standard InChI is InChI=1S/C17H18N2O2/c20-16-10-15(11-18-12-16)13-4-6-14(7-5-13)17(21)19-8-2-1-3-9-19/h4-7,10-12,20H,1-3,8-9H2. The molecule has 1 saturated heterocycles. The number of piperidine rings is 1. The highest BCUT2D eigenvalue weighted by Crippen LogP contribution is 2.23. The summed E-state index contributed by atoms with van der Waals surface area (Å²) in [6, 6.07) is 9.14. The van der Waals surface area contributed by atoms with Crippen LogP contribution in [-0.2, 0) is 0 Å². The monoisotopic (exact) mass is 282 g/mol. The van der Waals surface area contributed by atoms with Crippen LogP contribution >= 0.6 is 0 Å². The number of aromatic hydroxyl groups is 1. The molecule has 108 valence electrons. The van der Waals surface area contributed by atoms with Crippen molar-refractivity contribution >= 4 is 5.91 Å². The zero-order valence-electron chi connectivity index (χ0n) is 11.8. The van der Waals surface area contributed by atoms with Crippen LogP contribution in [0, 0.1) is 0 Å². The number of benzene rings is 1. The molecule has 1 N–H and O–H groups in total. The van der Waals surface area contributed by atoms with Gasteiger partial charge in [0, 0.05) is 30.4 Å². The molecular weight excluding hydrogens is 264 g/mol. The van der Waals surface area contributed by atoms with E-state index < -0.39 is 0 Å². The van der Waals surface area contributed by atoms with Gasteiger partial charge >= 0.3 is 0 Å². The number of carbonyl (C=O) groups is 1. The predicted octanol–water partition coefficient (Wildman–Crippen LogP) is 3.08. The fourth-order valence-corrected chi connectivity index (χ4v) is 2.67. The number of likely N-dealkylation sites (tertiary alicyclic amines) is 1. The van der Waals surface area contributed by atoms with Crippen molar-refractivity contribution in [2.75, 3.05) is 13.1 Å². The summed E-state index contributed by atoms with van der Waals surface area (Å²) in [5.74, 6) is 0.247. The number of amides is 1. The molecule has 0 radical (unpaired) electrons. The molecule has 1 aliphatic rings. The maximum atomic E-state index is 12.4. The van der Waals surface area contributed by atoms with E-state index >= 15 is 0 Å². The first-order valence-corrected chi connectivity index (χ1v) is 7.28. The lowest BCUT2D eigenvalue weighted by molar-refractivity contribution is 0.0724. The van der Waals surface area contributed by atoms with Crippen LogP contribution in [0.15, 0.2) is 42.7 Å². The van der Waals surface area contributed by atoms with Crippen molar-refractivity contribution in [2.24, 2.45) is 0 Å². The number of carbonyl (C=O) groups excluding carboxylic acids is 1. The van der Waals surface area contributed by atoms with Gasteiger partial charge in [0.1, 0.15) is 5.75 Å². The fourth-order valence-electron chi connectivity index (χ4n) is 2.67. The maximum Gasteiger partial charge on any atom is 0.253 e. The van der Waals surface area contributed by atoms with Crippen molar-refractivity contribution in [3.05, 3.63) is 48.3 Å². The molecular formula is C17H18N2O2. The normalized spacial score (nSPS) is 15.0. The second kappa shape index (κ2) is 5.95. The van der Waals surface area contributed by atoms with Crippen LogP contribution in [0.5, 0.6) is 5.75 Å². The van der Waals surface area contributed by atoms with Crippen molar-refractivity contribution in [2.45, 2.75) is 19.3 Å². The Balaban J connectivity index is 1.79. The quantitative estimate of drug-likeness (QED) is 0.921. The molecule has 1 aromatic heterocycles. The molecule has 0 saturated carbocycles. The van der Waals surface area contributed by atoms with E-state index in [2.05, 4.69) is 4.98 Å². The largest absolute Gasteiger partial charge is 0.506 e. The van der Waals surface area contributed by atoms with E-state index in [0.29, 0.717) is 5.56 Å². The van der Waals surface area contributed by atoms with Gasteiger partial charge in [-0.1, -0.05) is 12.1 Å². The van der Waals surface area contributed by atoms with Gasteiger partial charge in [0.05, 0.1) is 6.20 Å². The van der Waals surface area contributed by atoms with Gasteiger partial charge in [-0.2, -0.15) is 0 Å². The van der Waals surface area contributed by atoms with E-state index in [1.165, 1.54) is 12.6 Å². The molecule has 1 aliphatic heterocycles. The number of aromatic nitrogens is 1. The molecule has 0 bridgehead atoms. The molecule has 1 amide bonds. The summed E-state index contributed by atoms with van der Waals surface area (Å²) >= 11 is 0. The zero-order chi connectivity index (χ0) is 14.7. The van der Waals surface area contributed by atoms with Crippen LogP contribution in [0.25, 0.3) is 11.1 Å². The summed E-state index contributed by atoms with van der Waals surface area (Å²) in [6.45, 7) is 1.72. The van der Waals surface area contributed by atoms with Crippen molar-refractivity contribution < 1.29 is 9.90 Å². The van der Waals surface area contributed by atoms with E-state index in [0.717, 1.165) is 37.1 Å². The Labute approximate surface area is 124 Å². The number of nitrogens with zero attached hydrogens (tertiary/aromatic N) is 2. The average molecular weight is 282 g/mol. The summed E-state index contributed by atoms with van der Waals surface area (Å²) in [5.41, 5.74) is 2.49. The van der Waals surface area contributed by atoms with Gasteiger partial charge in [0.2, 0.25) is 0 Å². The molecule has 3 rings (SSSR count). The van der Waals surface area contributed by atoms with Gasteiger partial charge < -0.3 is 10.0 Å². The number of rotatable bonds is 2. The Morgan fingerprint density at radius 2 is 1.71 bits per heavy atom. The third kappa shape index (κ3) is 3.05. The highest BCUT2D eigenvalue weighted by atomic mass is 16.3. The molecule has 21 heavy (non-hydrogen) atoms.